The molecule has 6 nitrogen and oxygen atoms in total. The highest BCUT2D eigenvalue weighted by molar-refractivity contribution is 7.89. The summed E-state index contributed by atoms with van der Waals surface area (Å²) in [4.78, 5) is 13.1. The van der Waals surface area contributed by atoms with Gasteiger partial charge in [0.05, 0.1) is 24.0 Å². The first kappa shape index (κ1) is 21.3. The van der Waals surface area contributed by atoms with Crippen LogP contribution < -0.4 is 10.1 Å². The second-order valence-corrected chi connectivity index (χ2v) is 9.43. The van der Waals surface area contributed by atoms with Crippen LogP contribution in [0.3, 0.4) is 0 Å². The predicted octanol–water partition coefficient (Wildman–Crippen LogP) is 3.28. The first-order valence-corrected chi connectivity index (χ1v) is 11.3. The smallest absolute Gasteiger partial charge is 0.243 e. The largest absolute Gasteiger partial charge is 0.496 e. The summed E-state index contributed by atoms with van der Waals surface area (Å²) in [7, 11) is -2.00. The number of hydrogen-bond donors (Lipinski definition) is 1. The molecule has 0 saturated carbocycles. The lowest BCUT2D eigenvalue weighted by Gasteiger charge is -2.32. The van der Waals surface area contributed by atoms with E-state index in [0.717, 1.165) is 11.1 Å². The Bertz CT molecular complexity index is 957. The van der Waals surface area contributed by atoms with Gasteiger partial charge in [0.25, 0.3) is 0 Å². The SMILES string of the molecule is COc1ccccc1[C@H](C)NC(=O)[C@@H]1CCCN(S(=O)(=O)c2ccc(C)cc2)C1. The lowest BCUT2D eigenvalue weighted by atomic mass is 9.97. The molecule has 2 aromatic rings. The van der Waals surface area contributed by atoms with Gasteiger partial charge in [-0.25, -0.2) is 8.42 Å². The van der Waals surface area contributed by atoms with Crippen LogP contribution in [0.2, 0.25) is 0 Å². The third-order valence-electron chi connectivity index (χ3n) is 5.38. The van der Waals surface area contributed by atoms with Crippen LogP contribution in [0.25, 0.3) is 0 Å². The van der Waals surface area contributed by atoms with Gasteiger partial charge in [0.1, 0.15) is 5.75 Å². The molecule has 0 aromatic heterocycles. The minimum Gasteiger partial charge on any atom is -0.496 e. The van der Waals surface area contributed by atoms with E-state index in [4.69, 9.17) is 4.74 Å². The Morgan fingerprint density at radius 2 is 1.86 bits per heavy atom. The van der Waals surface area contributed by atoms with E-state index in [1.54, 1.807) is 31.4 Å². The molecule has 2 atom stereocenters. The van der Waals surface area contributed by atoms with Crippen LogP contribution in [-0.2, 0) is 14.8 Å². The molecule has 3 rings (SSSR count). The van der Waals surface area contributed by atoms with Crippen LogP contribution in [0.15, 0.2) is 53.4 Å². The number of piperidine rings is 1. The summed E-state index contributed by atoms with van der Waals surface area (Å²) in [6, 6.07) is 14.1. The maximum absolute atomic E-state index is 13.0. The molecular formula is C22H28N2O4S. The number of nitrogens with one attached hydrogen (secondary N) is 1. The number of aryl methyl sites for hydroxylation is 1. The molecule has 1 heterocycles. The van der Waals surface area contributed by atoms with Gasteiger partial charge >= 0.3 is 0 Å². The van der Waals surface area contributed by atoms with Gasteiger partial charge in [0.2, 0.25) is 15.9 Å². The predicted molar refractivity (Wildman–Crippen MR) is 112 cm³/mol. The number of rotatable bonds is 6. The van der Waals surface area contributed by atoms with Crippen molar-refractivity contribution in [2.24, 2.45) is 5.92 Å². The number of carbonyl (C=O) groups is 1. The fourth-order valence-corrected chi connectivity index (χ4v) is 5.19. The Labute approximate surface area is 172 Å². The Kier molecular flexibility index (Phi) is 6.59. The average Bonchev–Trinajstić information content (AvgIpc) is 2.74. The van der Waals surface area contributed by atoms with Crippen LogP contribution >= 0.6 is 0 Å². The molecule has 1 aliphatic heterocycles. The molecule has 2 aromatic carbocycles. The second-order valence-electron chi connectivity index (χ2n) is 7.49. The minimum absolute atomic E-state index is 0.132. The van der Waals surface area contributed by atoms with E-state index in [1.165, 1.54) is 4.31 Å². The van der Waals surface area contributed by atoms with Crippen LogP contribution in [0, 0.1) is 12.8 Å². The molecule has 1 fully saturated rings. The highest BCUT2D eigenvalue weighted by Crippen LogP contribution is 2.27. The first-order chi connectivity index (χ1) is 13.8. The molecule has 0 radical (unpaired) electrons. The van der Waals surface area contributed by atoms with Crippen LogP contribution in [0.5, 0.6) is 5.75 Å². The number of hydrogen-bond acceptors (Lipinski definition) is 4. The van der Waals surface area contributed by atoms with Gasteiger partial charge in [0.15, 0.2) is 0 Å². The average molecular weight is 417 g/mol. The lowest BCUT2D eigenvalue weighted by molar-refractivity contribution is -0.126. The molecule has 156 valence electrons. The van der Waals surface area contributed by atoms with Crippen molar-refractivity contribution in [2.75, 3.05) is 20.2 Å². The number of nitrogens with zero attached hydrogens (tertiary/aromatic N) is 1. The van der Waals surface area contributed by atoms with E-state index in [-0.39, 0.29) is 29.3 Å². The highest BCUT2D eigenvalue weighted by atomic mass is 32.2. The van der Waals surface area contributed by atoms with Gasteiger partial charge in [-0.1, -0.05) is 35.9 Å². The third kappa shape index (κ3) is 4.79. The van der Waals surface area contributed by atoms with Gasteiger partial charge in [-0.2, -0.15) is 4.31 Å². The molecule has 1 amide bonds. The standard InChI is InChI=1S/C22H28N2O4S/c1-16-10-12-19(13-11-16)29(26,27)24-14-6-7-18(15-24)22(25)23-17(2)20-8-4-5-9-21(20)28-3/h4-5,8-13,17-18H,6-7,14-15H2,1-3H3,(H,23,25)/t17-,18+/m0/s1. The maximum Gasteiger partial charge on any atom is 0.243 e. The van der Waals surface area contributed by atoms with Crippen molar-refractivity contribution in [2.45, 2.75) is 37.6 Å². The molecule has 0 aliphatic carbocycles. The topological polar surface area (TPSA) is 75.7 Å². The number of para-hydroxylation sites is 1. The van der Waals surface area contributed by atoms with Crippen molar-refractivity contribution < 1.29 is 17.9 Å². The number of sulfonamides is 1. The molecule has 29 heavy (non-hydrogen) atoms. The van der Waals surface area contributed by atoms with Gasteiger partial charge in [-0.3, -0.25) is 4.79 Å². The van der Waals surface area contributed by atoms with E-state index in [1.807, 2.05) is 38.1 Å². The van der Waals surface area contributed by atoms with Crippen molar-refractivity contribution in [1.82, 2.24) is 9.62 Å². The van der Waals surface area contributed by atoms with E-state index in [9.17, 15) is 13.2 Å². The normalized spacial score (nSPS) is 18.8. The second kappa shape index (κ2) is 8.97. The Hall–Kier alpha value is -2.38. The zero-order valence-corrected chi connectivity index (χ0v) is 17.9. The number of benzene rings is 2. The molecular weight excluding hydrogens is 388 g/mol. The number of ether oxygens (including phenoxy) is 1. The molecule has 7 heteroatoms. The summed E-state index contributed by atoms with van der Waals surface area (Å²) < 4.78 is 32.7. The summed E-state index contributed by atoms with van der Waals surface area (Å²) in [6.07, 6.45) is 1.33. The van der Waals surface area contributed by atoms with E-state index < -0.39 is 10.0 Å². The van der Waals surface area contributed by atoms with E-state index >= 15 is 0 Å². The van der Waals surface area contributed by atoms with Crippen LogP contribution in [0.4, 0.5) is 0 Å². The Balaban J connectivity index is 1.70. The van der Waals surface area contributed by atoms with E-state index in [2.05, 4.69) is 5.32 Å². The lowest BCUT2D eigenvalue weighted by Crippen LogP contribution is -2.45. The summed E-state index contributed by atoms with van der Waals surface area (Å²) in [5.41, 5.74) is 1.90. The molecule has 1 aliphatic rings. The highest BCUT2D eigenvalue weighted by Gasteiger charge is 2.33. The van der Waals surface area contributed by atoms with Crippen LogP contribution in [0.1, 0.15) is 36.9 Å². The van der Waals surface area contributed by atoms with Gasteiger partial charge in [-0.05, 0) is 44.9 Å². The zero-order valence-electron chi connectivity index (χ0n) is 17.1. The van der Waals surface area contributed by atoms with Crippen molar-refractivity contribution in [3.05, 3.63) is 59.7 Å². The number of amides is 1. The third-order valence-corrected chi connectivity index (χ3v) is 7.26. The monoisotopic (exact) mass is 416 g/mol. The van der Waals surface area contributed by atoms with Crippen LogP contribution in [-0.4, -0.2) is 38.8 Å². The number of methoxy groups -OCH3 is 1. The molecule has 1 N–H and O–H groups in total. The molecule has 0 unspecified atom stereocenters. The maximum atomic E-state index is 13.0. The fraction of sp³-hybridized carbons (Fsp3) is 0.409. The fourth-order valence-electron chi connectivity index (χ4n) is 3.67. The summed E-state index contributed by atoms with van der Waals surface area (Å²) in [5, 5.41) is 3.02. The molecule has 1 saturated heterocycles. The summed E-state index contributed by atoms with van der Waals surface area (Å²) >= 11 is 0. The Morgan fingerprint density at radius 1 is 1.17 bits per heavy atom. The minimum atomic E-state index is -3.60. The van der Waals surface area contributed by atoms with Crippen molar-refractivity contribution in [3.63, 3.8) is 0 Å². The first-order valence-electron chi connectivity index (χ1n) is 9.83. The molecule has 0 spiro atoms. The molecule has 0 bridgehead atoms. The van der Waals surface area contributed by atoms with Crippen molar-refractivity contribution >= 4 is 15.9 Å². The summed E-state index contributed by atoms with van der Waals surface area (Å²) in [6.45, 7) is 4.45. The number of carbonyl (C=O) groups excluding carboxylic acids is 1. The Morgan fingerprint density at radius 3 is 2.55 bits per heavy atom. The van der Waals surface area contributed by atoms with Crippen molar-refractivity contribution in [1.29, 1.82) is 0 Å². The zero-order chi connectivity index (χ0) is 21.0. The van der Waals surface area contributed by atoms with Crippen molar-refractivity contribution in [3.8, 4) is 5.75 Å². The van der Waals surface area contributed by atoms with Gasteiger partial charge < -0.3 is 10.1 Å². The van der Waals surface area contributed by atoms with E-state index in [0.29, 0.717) is 25.1 Å². The quantitative estimate of drug-likeness (QED) is 0.784. The van der Waals surface area contributed by atoms with Gasteiger partial charge in [0, 0.05) is 18.7 Å². The van der Waals surface area contributed by atoms with Gasteiger partial charge in [-0.15, -0.1) is 0 Å². The summed E-state index contributed by atoms with van der Waals surface area (Å²) in [5.74, 6) is 0.209.